The zero-order valence-electron chi connectivity index (χ0n) is 8.02. The molecule has 0 aliphatic heterocycles. The molecule has 2 N–H and O–H groups in total. The first-order valence-corrected chi connectivity index (χ1v) is 4.40. The Morgan fingerprint density at radius 1 is 1.50 bits per heavy atom. The van der Waals surface area contributed by atoms with E-state index >= 15 is 0 Å². The van der Waals surface area contributed by atoms with Crippen molar-refractivity contribution in [3.8, 4) is 0 Å². The molecule has 0 aromatic heterocycles. The Morgan fingerprint density at radius 3 is 2.33 bits per heavy atom. The van der Waals surface area contributed by atoms with Crippen LogP contribution in [0.4, 0.5) is 0 Å². The van der Waals surface area contributed by atoms with E-state index in [1.165, 1.54) is 0 Å². The maximum atomic E-state index is 11.4. The lowest BCUT2D eigenvalue weighted by Gasteiger charge is -2.51. The molecular weight excluding hydrogens is 154 g/mol. The summed E-state index contributed by atoms with van der Waals surface area (Å²) in [6.07, 6.45) is 1.75. The molecule has 0 saturated heterocycles. The average molecular weight is 171 g/mol. The van der Waals surface area contributed by atoms with Crippen molar-refractivity contribution in [3.05, 3.63) is 0 Å². The number of esters is 1. The summed E-state index contributed by atoms with van der Waals surface area (Å²) in [5, 5.41) is 0. The Hall–Kier alpha value is -0.570. The Balaban J connectivity index is 2.67. The zero-order chi connectivity index (χ0) is 9.41. The van der Waals surface area contributed by atoms with Crippen LogP contribution in [0.3, 0.4) is 0 Å². The first kappa shape index (κ1) is 9.52. The van der Waals surface area contributed by atoms with Gasteiger partial charge in [0, 0.05) is 0 Å². The van der Waals surface area contributed by atoms with Gasteiger partial charge in [0.15, 0.2) is 0 Å². The topological polar surface area (TPSA) is 52.3 Å². The van der Waals surface area contributed by atoms with E-state index in [9.17, 15) is 4.79 Å². The third kappa shape index (κ3) is 1.12. The molecule has 0 heterocycles. The fourth-order valence-corrected chi connectivity index (χ4v) is 1.53. The van der Waals surface area contributed by atoms with Gasteiger partial charge in [-0.2, -0.15) is 0 Å². The summed E-state index contributed by atoms with van der Waals surface area (Å²) in [5.41, 5.74) is 5.10. The normalized spacial score (nSPS) is 32.3. The van der Waals surface area contributed by atoms with Crippen LogP contribution in [-0.2, 0) is 9.53 Å². The minimum atomic E-state index is -0.733. The molecule has 1 aliphatic carbocycles. The lowest BCUT2D eigenvalue weighted by atomic mass is 9.57. The van der Waals surface area contributed by atoms with Crippen molar-refractivity contribution in [1.82, 2.24) is 0 Å². The van der Waals surface area contributed by atoms with Gasteiger partial charge in [-0.25, -0.2) is 0 Å². The number of hydrogen-bond acceptors (Lipinski definition) is 3. The van der Waals surface area contributed by atoms with Gasteiger partial charge in [-0.1, -0.05) is 13.8 Å². The third-order valence-electron chi connectivity index (χ3n) is 2.99. The standard InChI is InChI=1S/C9H17NO2/c1-4-12-7(11)9(10)6-5-8(9,2)3/h4-6,10H2,1-3H3. The number of carbonyl (C=O) groups is 1. The highest BCUT2D eigenvalue weighted by atomic mass is 16.5. The lowest BCUT2D eigenvalue weighted by molar-refractivity contribution is -0.162. The second kappa shape index (κ2) is 2.73. The van der Waals surface area contributed by atoms with Crippen molar-refractivity contribution in [3.63, 3.8) is 0 Å². The molecule has 0 aromatic rings. The van der Waals surface area contributed by atoms with Crippen molar-refractivity contribution in [1.29, 1.82) is 0 Å². The largest absolute Gasteiger partial charge is 0.465 e. The molecule has 70 valence electrons. The van der Waals surface area contributed by atoms with Gasteiger partial charge in [-0.05, 0) is 25.2 Å². The van der Waals surface area contributed by atoms with Crippen LogP contribution in [0.5, 0.6) is 0 Å². The van der Waals surface area contributed by atoms with Crippen LogP contribution in [0.15, 0.2) is 0 Å². The molecule has 1 saturated carbocycles. The van der Waals surface area contributed by atoms with Gasteiger partial charge in [0.25, 0.3) is 0 Å². The Labute approximate surface area is 73.3 Å². The molecule has 0 aromatic carbocycles. The summed E-state index contributed by atoms with van der Waals surface area (Å²) in [7, 11) is 0. The van der Waals surface area contributed by atoms with Gasteiger partial charge in [0.1, 0.15) is 5.54 Å². The SMILES string of the molecule is CCOC(=O)C1(N)CCC1(C)C. The molecule has 1 rings (SSSR count). The van der Waals surface area contributed by atoms with E-state index in [-0.39, 0.29) is 11.4 Å². The molecule has 0 spiro atoms. The van der Waals surface area contributed by atoms with Crippen LogP contribution in [0, 0.1) is 5.41 Å². The second-order valence-electron chi connectivity index (χ2n) is 4.08. The quantitative estimate of drug-likeness (QED) is 0.632. The lowest BCUT2D eigenvalue weighted by Crippen LogP contribution is -2.66. The van der Waals surface area contributed by atoms with E-state index in [0.717, 1.165) is 12.8 Å². The van der Waals surface area contributed by atoms with Crippen LogP contribution >= 0.6 is 0 Å². The van der Waals surface area contributed by atoms with Gasteiger partial charge in [0.2, 0.25) is 0 Å². The summed E-state index contributed by atoms with van der Waals surface area (Å²) in [6.45, 7) is 6.22. The molecule has 3 heteroatoms. The van der Waals surface area contributed by atoms with Gasteiger partial charge in [0.05, 0.1) is 6.61 Å². The van der Waals surface area contributed by atoms with Crippen molar-refractivity contribution >= 4 is 5.97 Å². The number of nitrogens with two attached hydrogens (primary N) is 1. The highest BCUT2D eigenvalue weighted by molar-refractivity contribution is 5.83. The van der Waals surface area contributed by atoms with Crippen molar-refractivity contribution in [2.24, 2.45) is 11.1 Å². The van der Waals surface area contributed by atoms with Gasteiger partial charge < -0.3 is 10.5 Å². The fraction of sp³-hybridized carbons (Fsp3) is 0.889. The van der Waals surface area contributed by atoms with E-state index in [1.807, 2.05) is 13.8 Å². The molecule has 12 heavy (non-hydrogen) atoms. The number of carbonyl (C=O) groups excluding carboxylic acids is 1. The van der Waals surface area contributed by atoms with E-state index in [2.05, 4.69) is 0 Å². The molecule has 3 nitrogen and oxygen atoms in total. The molecule has 0 amide bonds. The highest BCUT2D eigenvalue weighted by Gasteiger charge is 2.56. The molecule has 1 fully saturated rings. The number of ether oxygens (including phenoxy) is 1. The molecule has 1 aliphatic rings. The zero-order valence-corrected chi connectivity index (χ0v) is 8.02. The second-order valence-corrected chi connectivity index (χ2v) is 4.08. The molecule has 0 radical (unpaired) electrons. The summed E-state index contributed by atoms with van der Waals surface area (Å²) in [5.74, 6) is -0.249. The smallest absolute Gasteiger partial charge is 0.326 e. The van der Waals surface area contributed by atoms with Crippen LogP contribution in [0.25, 0.3) is 0 Å². The molecular formula is C9H17NO2. The number of hydrogen-bond donors (Lipinski definition) is 1. The van der Waals surface area contributed by atoms with Crippen molar-refractivity contribution in [2.45, 2.75) is 39.2 Å². The molecule has 1 unspecified atom stereocenters. The van der Waals surface area contributed by atoms with E-state index in [4.69, 9.17) is 10.5 Å². The van der Waals surface area contributed by atoms with Crippen molar-refractivity contribution < 1.29 is 9.53 Å². The molecule has 1 atom stereocenters. The first-order chi connectivity index (χ1) is 5.44. The summed E-state index contributed by atoms with van der Waals surface area (Å²) in [4.78, 5) is 11.4. The Bertz CT molecular complexity index is 201. The first-order valence-electron chi connectivity index (χ1n) is 4.40. The minimum Gasteiger partial charge on any atom is -0.465 e. The van der Waals surface area contributed by atoms with E-state index < -0.39 is 5.54 Å². The predicted octanol–water partition coefficient (Wildman–Crippen LogP) is 1.07. The van der Waals surface area contributed by atoms with Crippen LogP contribution in [-0.4, -0.2) is 18.1 Å². The van der Waals surface area contributed by atoms with Gasteiger partial charge in [-0.3, -0.25) is 4.79 Å². The maximum Gasteiger partial charge on any atom is 0.326 e. The van der Waals surface area contributed by atoms with Crippen molar-refractivity contribution in [2.75, 3.05) is 6.61 Å². The monoisotopic (exact) mass is 171 g/mol. The summed E-state index contributed by atoms with van der Waals surface area (Å²) in [6, 6.07) is 0. The van der Waals surface area contributed by atoms with Crippen LogP contribution in [0.1, 0.15) is 33.6 Å². The van der Waals surface area contributed by atoms with Gasteiger partial charge in [-0.15, -0.1) is 0 Å². The maximum absolute atomic E-state index is 11.4. The van der Waals surface area contributed by atoms with E-state index in [1.54, 1.807) is 6.92 Å². The Morgan fingerprint density at radius 2 is 2.08 bits per heavy atom. The summed E-state index contributed by atoms with van der Waals surface area (Å²) < 4.78 is 4.92. The molecule has 0 bridgehead atoms. The van der Waals surface area contributed by atoms with Crippen LogP contribution in [0.2, 0.25) is 0 Å². The third-order valence-corrected chi connectivity index (χ3v) is 2.99. The number of rotatable bonds is 2. The minimum absolute atomic E-state index is 0.0980. The Kier molecular flexibility index (Phi) is 2.17. The van der Waals surface area contributed by atoms with Gasteiger partial charge >= 0.3 is 5.97 Å². The highest BCUT2D eigenvalue weighted by Crippen LogP contribution is 2.48. The predicted molar refractivity (Wildman–Crippen MR) is 46.6 cm³/mol. The van der Waals surface area contributed by atoms with E-state index in [0.29, 0.717) is 6.61 Å². The fourth-order valence-electron chi connectivity index (χ4n) is 1.53. The van der Waals surface area contributed by atoms with Crippen LogP contribution < -0.4 is 5.73 Å². The average Bonchev–Trinajstić information content (AvgIpc) is 2.01. The summed E-state index contributed by atoms with van der Waals surface area (Å²) >= 11 is 0.